The Morgan fingerprint density at radius 1 is 1.41 bits per heavy atom. The smallest absolute Gasteiger partial charge is 0.253 e. The number of methoxy groups -OCH3 is 1. The number of hydrogen-bond donors (Lipinski definition) is 3. The van der Waals surface area contributed by atoms with Crippen LogP contribution in [0.2, 0.25) is 0 Å². The third-order valence-corrected chi connectivity index (χ3v) is 5.22. The van der Waals surface area contributed by atoms with Gasteiger partial charge in [0.15, 0.2) is 0 Å². The molecule has 1 spiro atoms. The lowest BCUT2D eigenvalue weighted by Crippen LogP contribution is -2.48. The Labute approximate surface area is 159 Å². The van der Waals surface area contributed by atoms with E-state index in [2.05, 4.69) is 18.5 Å². The fourth-order valence-corrected chi connectivity index (χ4v) is 3.76. The van der Waals surface area contributed by atoms with Gasteiger partial charge in [-0.1, -0.05) is 19.2 Å². The molecule has 1 unspecified atom stereocenters. The molecule has 1 aromatic carbocycles. The van der Waals surface area contributed by atoms with E-state index in [4.69, 9.17) is 15.9 Å². The first-order valence-electron chi connectivity index (χ1n) is 8.72. The van der Waals surface area contributed by atoms with E-state index in [9.17, 15) is 4.79 Å². The zero-order valence-electron chi connectivity index (χ0n) is 15.4. The summed E-state index contributed by atoms with van der Waals surface area (Å²) < 4.78 is 5.46. The Balaban J connectivity index is 1.91. The molecular formula is C21H24N4O2. The summed E-state index contributed by atoms with van der Waals surface area (Å²) in [6.07, 6.45) is 7.36. The van der Waals surface area contributed by atoms with Crippen molar-refractivity contribution in [2.75, 3.05) is 18.6 Å². The second kappa shape index (κ2) is 7.15. The van der Waals surface area contributed by atoms with E-state index in [1.807, 2.05) is 18.2 Å². The van der Waals surface area contributed by atoms with Crippen molar-refractivity contribution in [3.63, 3.8) is 0 Å². The van der Waals surface area contributed by atoms with Gasteiger partial charge in [-0.25, -0.2) is 0 Å². The van der Waals surface area contributed by atoms with E-state index in [0.717, 1.165) is 17.0 Å². The van der Waals surface area contributed by atoms with Crippen LogP contribution in [0.5, 0.6) is 5.75 Å². The zero-order valence-corrected chi connectivity index (χ0v) is 15.4. The molecule has 2 aliphatic rings. The quantitative estimate of drug-likeness (QED) is 0.677. The summed E-state index contributed by atoms with van der Waals surface area (Å²) in [5.41, 5.74) is 8.85. The van der Waals surface area contributed by atoms with Crippen LogP contribution in [0.1, 0.15) is 18.4 Å². The maximum atomic E-state index is 13.2. The van der Waals surface area contributed by atoms with Gasteiger partial charge in [-0.15, -0.1) is 0 Å². The minimum absolute atomic E-state index is 0.0233. The van der Waals surface area contributed by atoms with Crippen LogP contribution in [0.15, 0.2) is 61.0 Å². The Morgan fingerprint density at radius 2 is 2.19 bits per heavy atom. The molecule has 1 aromatic rings. The Bertz CT molecular complexity index is 862. The van der Waals surface area contributed by atoms with Crippen molar-refractivity contribution in [1.82, 2.24) is 5.32 Å². The number of nitrogens with one attached hydrogen (secondary N) is 2. The normalized spacial score (nSPS) is 22.2. The van der Waals surface area contributed by atoms with Crippen LogP contribution in [0.25, 0.3) is 5.57 Å². The van der Waals surface area contributed by atoms with E-state index in [1.54, 1.807) is 24.2 Å². The van der Waals surface area contributed by atoms with Crippen LogP contribution in [-0.2, 0) is 4.79 Å². The van der Waals surface area contributed by atoms with Gasteiger partial charge in [0.25, 0.3) is 5.91 Å². The van der Waals surface area contributed by atoms with Gasteiger partial charge in [-0.05, 0) is 30.2 Å². The van der Waals surface area contributed by atoms with Gasteiger partial charge in [0.2, 0.25) is 0 Å². The molecule has 1 fully saturated rings. The molecule has 2 heterocycles. The van der Waals surface area contributed by atoms with Crippen LogP contribution in [-0.4, -0.2) is 31.3 Å². The minimum Gasteiger partial charge on any atom is -0.496 e. The predicted molar refractivity (Wildman–Crippen MR) is 109 cm³/mol. The van der Waals surface area contributed by atoms with Crippen molar-refractivity contribution in [2.24, 2.45) is 5.73 Å². The van der Waals surface area contributed by atoms with Crippen molar-refractivity contribution >= 4 is 23.4 Å². The predicted octanol–water partition coefficient (Wildman–Crippen LogP) is 2.74. The molecule has 27 heavy (non-hydrogen) atoms. The first kappa shape index (κ1) is 18.5. The number of amides is 1. The van der Waals surface area contributed by atoms with E-state index >= 15 is 0 Å². The van der Waals surface area contributed by atoms with E-state index < -0.39 is 5.54 Å². The van der Waals surface area contributed by atoms with Crippen molar-refractivity contribution in [3.8, 4) is 5.75 Å². The second-order valence-electron chi connectivity index (χ2n) is 6.59. The molecule has 6 heteroatoms. The number of hydrogen-bond acceptors (Lipinski definition) is 5. The van der Waals surface area contributed by atoms with Crippen molar-refractivity contribution in [2.45, 2.75) is 18.4 Å². The van der Waals surface area contributed by atoms with Crippen LogP contribution in [0.3, 0.4) is 0 Å². The summed E-state index contributed by atoms with van der Waals surface area (Å²) in [4.78, 5) is 15.0. The van der Waals surface area contributed by atoms with Crippen LogP contribution < -0.4 is 20.7 Å². The molecule has 1 amide bonds. The number of ether oxygens (including phenoxy) is 1. The second-order valence-corrected chi connectivity index (χ2v) is 6.59. The van der Waals surface area contributed by atoms with E-state index in [1.165, 1.54) is 12.4 Å². The number of nitrogens with zero attached hydrogens (tertiary/aromatic N) is 1. The topological polar surface area (TPSA) is 91.4 Å². The monoisotopic (exact) mass is 364 g/mol. The lowest BCUT2D eigenvalue weighted by atomic mass is 9.93. The molecule has 0 radical (unpaired) electrons. The fraction of sp³-hybridized carbons (Fsp3) is 0.238. The standard InChI is InChI=1S/C21H24N4O2/c1-4-14-11-21(24-18(14)5-2)8-9-25(20(21)26)16-6-7-17(15(12-22)13-23)19(10-16)27-3/h4-7,10,12-13,22,24H,1-2,8-9,11,23H2,3H3/b15-13+,22-12?. The summed E-state index contributed by atoms with van der Waals surface area (Å²) in [5, 5.41) is 10.8. The van der Waals surface area contributed by atoms with Crippen LogP contribution >= 0.6 is 0 Å². The van der Waals surface area contributed by atoms with Gasteiger partial charge < -0.3 is 26.1 Å². The van der Waals surface area contributed by atoms with Gasteiger partial charge in [0, 0.05) is 54.0 Å². The van der Waals surface area contributed by atoms with Gasteiger partial charge in [-0.3, -0.25) is 4.79 Å². The fourth-order valence-electron chi connectivity index (χ4n) is 3.76. The van der Waals surface area contributed by atoms with E-state index in [0.29, 0.717) is 36.3 Å². The number of benzene rings is 1. The number of carbonyl (C=O) groups excluding carboxylic acids is 1. The highest BCUT2D eigenvalue weighted by atomic mass is 16.5. The SMILES string of the molecule is C=CC1=C(C=C)NC2(CCN(c3ccc(/C(C=N)=C/N)c(OC)c3)C2=O)C1. The van der Waals surface area contributed by atoms with Crippen molar-refractivity contribution in [1.29, 1.82) is 5.41 Å². The largest absolute Gasteiger partial charge is 0.496 e. The Kier molecular flexibility index (Phi) is 4.90. The van der Waals surface area contributed by atoms with Crippen LogP contribution in [0.4, 0.5) is 5.69 Å². The summed E-state index contributed by atoms with van der Waals surface area (Å²) in [7, 11) is 1.56. The molecule has 4 N–H and O–H groups in total. The highest BCUT2D eigenvalue weighted by Crippen LogP contribution is 2.40. The van der Waals surface area contributed by atoms with Crippen LogP contribution in [0, 0.1) is 5.41 Å². The van der Waals surface area contributed by atoms with Gasteiger partial charge in [0.05, 0.1) is 7.11 Å². The average Bonchev–Trinajstić information content (AvgIpc) is 3.23. The summed E-state index contributed by atoms with van der Waals surface area (Å²) >= 11 is 0. The summed E-state index contributed by atoms with van der Waals surface area (Å²) in [6.45, 7) is 8.27. The van der Waals surface area contributed by atoms with Crippen molar-refractivity contribution < 1.29 is 9.53 Å². The first-order valence-corrected chi connectivity index (χ1v) is 8.72. The highest BCUT2D eigenvalue weighted by molar-refractivity contribution is 6.10. The molecule has 0 aliphatic carbocycles. The number of allylic oxidation sites excluding steroid dienone is 3. The number of carbonyl (C=O) groups is 1. The molecular weight excluding hydrogens is 340 g/mol. The van der Waals surface area contributed by atoms with Crippen molar-refractivity contribution in [3.05, 3.63) is 66.5 Å². The molecule has 1 saturated heterocycles. The highest BCUT2D eigenvalue weighted by Gasteiger charge is 2.50. The molecule has 140 valence electrons. The number of rotatable bonds is 6. The summed E-state index contributed by atoms with van der Waals surface area (Å²) in [5.74, 6) is 0.590. The number of anilines is 1. The van der Waals surface area contributed by atoms with E-state index in [-0.39, 0.29) is 5.91 Å². The third kappa shape index (κ3) is 2.93. The summed E-state index contributed by atoms with van der Waals surface area (Å²) in [6, 6.07) is 5.48. The lowest BCUT2D eigenvalue weighted by molar-refractivity contribution is -0.122. The molecule has 2 aliphatic heterocycles. The molecule has 1 atom stereocenters. The van der Waals surface area contributed by atoms with Gasteiger partial charge in [0.1, 0.15) is 11.3 Å². The van der Waals surface area contributed by atoms with Gasteiger partial charge in [-0.2, -0.15) is 0 Å². The molecule has 6 nitrogen and oxygen atoms in total. The first-order chi connectivity index (χ1) is 13.0. The molecule has 3 rings (SSSR count). The lowest BCUT2D eigenvalue weighted by Gasteiger charge is -2.25. The zero-order chi connectivity index (χ0) is 19.6. The molecule has 0 aromatic heterocycles. The number of nitrogens with two attached hydrogens (primary N) is 1. The Hall–Kier alpha value is -3.28. The molecule has 0 bridgehead atoms. The minimum atomic E-state index is -0.643. The maximum Gasteiger partial charge on any atom is 0.253 e. The average molecular weight is 364 g/mol. The van der Waals surface area contributed by atoms with Gasteiger partial charge >= 0.3 is 0 Å². The third-order valence-electron chi connectivity index (χ3n) is 5.22. The maximum absolute atomic E-state index is 13.2. The Morgan fingerprint density at radius 3 is 2.74 bits per heavy atom. The molecule has 0 saturated carbocycles.